The average Bonchev–Trinajstić information content (AvgIpc) is 2.91. The lowest BCUT2D eigenvalue weighted by molar-refractivity contribution is 0.470. The Bertz CT molecular complexity index is 1520. The number of rotatable bonds is 6. The van der Waals surface area contributed by atoms with Crippen molar-refractivity contribution < 1.29 is 20.4 Å². The molecule has 0 aliphatic rings. The molecular weight excluding hydrogens is 472 g/mol. The number of phenolic OH excluding ortho intramolecular Hbond substituents is 4. The molecule has 0 bridgehead atoms. The van der Waals surface area contributed by atoms with E-state index in [1.807, 2.05) is 62.4 Å². The predicted octanol–water partition coefficient (Wildman–Crippen LogP) is 7.10. The van der Waals surface area contributed by atoms with Gasteiger partial charge in [0.25, 0.3) is 0 Å². The standard InChI is InChI=1S/C34H30O4/c1-22-19-25(5-17-32(22)37)21-24-3-6-26(7-4-24)34(27-8-13-30(35)14-9-27,28-10-15-31(36)16-11-28)29-12-18-33(38)23(2)20-29/h3-20,35-38H,21H2,1-2H3. The van der Waals surface area contributed by atoms with Crippen molar-refractivity contribution in [3.8, 4) is 23.0 Å². The summed E-state index contributed by atoms with van der Waals surface area (Å²) in [6, 6.07) is 34.1. The van der Waals surface area contributed by atoms with E-state index < -0.39 is 5.41 Å². The summed E-state index contributed by atoms with van der Waals surface area (Å²) in [5.74, 6) is 0.865. The lowest BCUT2D eigenvalue weighted by Gasteiger charge is -2.37. The molecule has 0 amide bonds. The maximum atomic E-state index is 10.3. The summed E-state index contributed by atoms with van der Waals surface area (Å²) in [5.41, 5.74) is 6.89. The minimum absolute atomic E-state index is 0.176. The zero-order valence-corrected chi connectivity index (χ0v) is 21.4. The molecule has 4 N–H and O–H groups in total. The molecule has 0 saturated carbocycles. The molecule has 0 atom stereocenters. The van der Waals surface area contributed by atoms with Crippen molar-refractivity contribution in [3.63, 3.8) is 0 Å². The third-order valence-electron chi connectivity index (χ3n) is 7.29. The monoisotopic (exact) mass is 502 g/mol. The Hall–Kier alpha value is -4.70. The zero-order valence-electron chi connectivity index (χ0n) is 21.4. The number of phenols is 4. The van der Waals surface area contributed by atoms with Crippen LogP contribution in [0.1, 0.15) is 44.5 Å². The summed E-state index contributed by atoms with van der Waals surface area (Å²) in [4.78, 5) is 0. The Morgan fingerprint density at radius 1 is 0.447 bits per heavy atom. The van der Waals surface area contributed by atoms with Gasteiger partial charge in [0.2, 0.25) is 0 Å². The second kappa shape index (κ2) is 9.98. The largest absolute Gasteiger partial charge is 0.508 e. The van der Waals surface area contributed by atoms with Crippen LogP contribution in [0.25, 0.3) is 0 Å². The first-order valence-electron chi connectivity index (χ1n) is 12.5. The summed E-state index contributed by atoms with van der Waals surface area (Å²) >= 11 is 0. The van der Waals surface area contributed by atoms with E-state index in [4.69, 9.17) is 0 Å². The van der Waals surface area contributed by atoms with Crippen LogP contribution < -0.4 is 0 Å². The highest BCUT2D eigenvalue weighted by molar-refractivity contribution is 5.62. The lowest BCUT2D eigenvalue weighted by Crippen LogP contribution is -2.31. The topological polar surface area (TPSA) is 80.9 Å². The van der Waals surface area contributed by atoms with Crippen molar-refractivity contribution in [2.24, 2.45) is 0 Å². The Morgan fingerprint density at radius 2 is 0.842 bits per heavy atom. The Labute approximate surface area is 222 Å². The van der Waals surface area contributed by atoms with Gasteiger partial charge in [-0.2, -0.15) is 0 Å². The van der Waals surface area contributed by atoms with E-state index in [0.717, 1.165) is 50.9 Å². The van der Waals surface area contributed by atoms with Crippen molar-refractivity contribution in [2.75, 3.05) is 0 Å². The molecule has 0 unspecified atom stereocenters. The summed E-state index contributed by atoms with van der Waals surface area (Å²) in [6.07, 6.45) is 0.727. The summed E-state index contributed by atoms with van der Waals surface area (Å²) < 4.78 is 0. The highest BCUT2D eigenvalue weighted by Gasteiger charge is 2.38. The Kier molecular flexibility index (Phi) is 6.56. The van der Waals surface area contributed by atoms with Crippen LogP contribution in [0.2, 0.25) is 0 Å². The normalized spacial score (nSPS) is 11.4. The first-order valence-corrected chi connectivity index (χ1v) is 12.5. The smallest absolute Gasteiger partial charge is 0.118 e. The van der Waals surface area contributed by atoms with Gasteiger partial charge in [0.15, 0.2) is 0 Å². The third kappa shape index (κ3) is 4.57. The van der Waals surface area contributed by atoms with Crippen LogP contribution in [-0.4, -0.2) is 20.4 Å². The Balaban J connectivity index is 1.71. The maximum absolute atomic E-state index is 10.3. The van der Waals surface area contributed by atoms with Crippen LogP contribution in [0, 0.1) is 13.8 Å². The molecule has 0 saturated heterocycles. The van der Waals surface area contributed by atoms with Crippen LogP contribution in [0.4, 0.5) is 0 Å². The van der Waals surface area contributed by atoms with Crippen molar-refractivity contribution in [2.45, 2.75) is 25.7 Å². The van der Waals surface area contributed by atoms with Gasteiger partial charge in [0.05, 0.1) is 5.41 Å². The van der Waals surface area contributed by atoms with Crippen LogP contribution in [0.3, 0.4) is 0 Å². The summed E-state index contributed by atoms with van der Waals surface area (Å²) in [7, 11) is 0. The predicted molar refractivity (Wildman–Crippen MR) is 150 cm³/mol. The molecule has 0 spiro atoms. The molecule has 5 rings (SSSR count). The van der Waals surface area contributed by atoms with E-state index in [2.05, 4.69) is 24.3 Å². The number of hydrogen-bond donors (Lipinski definition) is 4. The molecule has 0 fully saturated rings. The Morgan fingerprint density at radius 3 is 1.32 bits per heavy atom. The molecule has 5 aromatic carbocycles. The molecule has 5 aromatic rings. The van der Waals surface area contributed by atoms with E-state index >= 15 is 0 Å². The molecule has 0 aliphatic heterocycles. The van der Waals surface area contributed by atoms with Gasteiger partial charge in [-0.25, -0.2) is 0 Å². The van der Waals surface area contributed by atoms with Gasteiger partial charge >= 0.3 is 0 Å². The maximum Gasteiger partial charge on any atom is 0.118 e. The first-order chi connectivity index (χ1) is 18.3. The minimum Gasteiger partial charge on any atom is -0.508 e. The minimum atomic E-state index is -0.784. The van der Waals surface area contributed by atoms with Crippen molar-refractivity contribution in [1.82, 2.24) is 0 Å². The molecule has 0 aromatic heterocycles. The highest BCUT2D eigenvalue weighted by Crippen LogP contribution is 2.46. The quantitative estimate of drug-likeness (QED) is 0.187. The number of aromatic hydroxyl groups is 4. The van der Waals surface area contributed by atoms with Gasteiger partial charge in [-0.1, -0.05) is 72.8 Å². The van der Waals surface area contributed by atoms with Crippen LogP contribution >= 0.6 is 0 Å². The van der Waals surface area contributed by atoms with Gasteiger partial charge in [0.1, 0.15) is 23.0 Å². The van der Waals surface area contributed by atoms with Gasteiger partial charge in [0, 0.05) is 0 Å². The molecule has 0 aliphatic carbocycles. The van der Waals surface area contributed by atoms with Crippen LogP contribution in [0.15, 0.2) is 109 Å². The van der Waals surface area contributed by atoms with Gasteiger partial charge < -0.3 is 20.4 Å². The van der Waals surface area contributed by atoms with E-state index in [-0.39, 0.29) is 17.2 Å². The van der Waals surface area contributed by atoms with Crippen molar-refractivity contribution in [1.29, 1.82) is 0 Å². The third-order valence-corrected chi connectivity index (χ3v) is 7.29. The summed E-state index contributed by atoms with van der Waals surface area (Å²) in [6.45, 7) is 3.77. The zero-order chi connectivity index (χ0) is 26.9. The number of hydrogen-bond acceptors (Lipinski definition) is 4. The van der Waals surface area contributed by atoms with Gasteiger partial charge in [-0.05, 0) is 101 Å². The lowest BCUT2D eigenvalue weighted by atomic mass is 9.65. The van der Waals surface area contributed by atoms with E-state index in [1.165, 1.54) is 0 Å². The molecule has 190 valence electrons. The SMILES string of the molecule is Cc1cc(Cc2ccc(C(c3ccc(O)cc3)(c3ccc(O)cc3)c3ccc(O)c(C)c3)cc2)ccc1O. The molecular formula is C34H30O4. The number of aryl methyl sites for hydroxylation is 2. The second-order valence-electron chi connectivity index (χ2n) is 9.84. The van der Waals surface area contributed by atoms with Gasteiger partial charge in [-0.15, -0.1) is 0 Å². The second-order valence-corrected chi connectivity index (χ2v) is 9.84. The highest BCUT2D eigenvalue weighted by atomic mass is 16.3. The molecule has 0 heterocycles. The molecule has 0 radical (unpaired) electrons. The van der Waals surface area contributed by atoms with Crippen molar-refractivity contribution >= 4 is 0 Å². The molecule has 4 heteroatoms. The first kappa shape index (κ1) is 25.0. The fraction of sp³-hybridized carbons (Fsp3) is 0.118. The van der Waals surface area contributed by atoms with E-state index in [0.29, 0.717) is 5.75 Å². The molecule has 4 nitrogen and oxygen atoms in total. The number of benzene rings is 5. The van der Waals surface area contributed by atoms with Gasteiger partial charge in [-0.3, -0.25) is 0 Å². The summed E-state index contributed by atoms with van der Waals surface area (Å²) in [5, 5.41) is 40.4. The average molecular weight is 503 g/mol. The van der Waals surface area contributed by atoms with Crippen LogP contribution in [-0.2, 0) is 11.8 Å². The van der Waals surface area contributed by atoms with E-state index in [1.54, 1.807) is 36.4 Å². The molecule has 38 heavy (non-hydrogen) atoms. The van der Waals surface area contributed by atoms with Crippen LogP contribution in [0.5, 0.6) is 23.0 Å². The fourth-order valence-electron chi connectivity index (χ4n) is 5.25. The van der Waals surface area contributed by atoms with E-state index in [9.17, 15) is 20.4 Å². The van der Waals surface area contributed by atoms with Crippen molar-refractivity contribution in [3.05, 3.63) is 154 Å². The fourth-order valence-corrected chi connectivity index (χ4v) is 5.25.